The summed E-state index contributed by atoms with van der Waals surface area (Å²) in [6.45, 7) is 1.31. The van der Waals surface area contributed by atoms with Gasteiger partial charge in [-0.3, -0.25) is 0 Å². The summed E-state index contributed by atoms with van der Waals surface area (Å²) in [4.78, 5) is 0. The van der Waals surface area contributed by atoms with Crippen LogP contribution in [-0.4, -0.2) is 18.5 Å². The molecule has 0 aliphatic carbocycles. The summed E-state index contributed by atoms with van der Waals surface area (Å²) in [6, 6.07) is 0. The van der Waals surface area contributed by atoms with E-state index in [0.29, 0.717) is 0 Å². The van der Waals surface area contributed by atoms with E-state index in [1.165, 1.54) is 6.92 Å². The lowest BCUT2D eigenvalue weighted by Crippen LogP contribution is -2.25. The normalized spacial score (nSPS) is 13.8. The predicted molar refractivity (Wildman–Crippen MR) is 50.4 cm³/mol. The van der Waals surface area contributed by atoms with Gasteiger partial charge in [0.05, 0.1) is 8.89 Å². The molecule has 0 aliphatic rings. The molecular formula is C5H10F5P3. The largest absolute Gasteiger partial charge is 0.266 e. The quantitative estimate of drug-likeness (QED) is 0.461. The van der Waals surface area contributed by atoms with E-state index >= 15 is 0 Å². The summed E-state index contributed by atoms with van der Waals surface area (Å²) in [6.07, 6.45) is -1.33. The van der Waals surface area contributed by atoms with Crippen molar-refractivity contribution in [2.75, 3.05) is 18.5 Å². The van der Waals surface area contributed by atoms with Crippen LogP contribution in [0, 0.1) is 5.41 Å². The first-order valence-corrected chi connectivity index (χ1v) is 7.11. The Morgan fingerprint density at radius 3 is 1.69 bits per heavy atom. The second-order valence-corrected chi connectivity index (χ2v) is 5.51. The van der Waals surface area contributed by atoms with Crippen LogP contribution in [0.5, 0.6) is 0 Å². The Morgan fingerprint density at radius 2 is 1.46 bits per heavy atom. The summed E-state index contributed by atoms with van der Waals surface area (Å²) >= 11 is 0. The van der Waals surface area contributed by atoms with Crippen LogP contribution in [-0.2, 0) is 0 Å². The van der Waals surface area contributed by atoms with Crippen molar-refractivity contribution in [3.63, 3.8) is 0 Å². The van der Waals surface area contributed by atoms with Crippen LogP contribution in [0.4, 0.5) is 21.0 Å². The third-order valence-electron chi connectivity index (χ3n) is 1.50. The number of rotatable bonds is 6. The van der Waals surface area contributed by atoms with Crippen LogP contribution < -0.4 is 0 Å². The van der Waals surface area contributed by atoms with Gasteiger partial charge in [0.25, 0.3) is 17.1 Å². The van der Waals surface area contributed by atoms with Crippen molar-refractivity contribution in [2.45, 2.75) is 6.92 Å². The predicted octanol–water partition coefficient (Wildman–Crippen LogP) is 5.06. The van der Waals surface area contributed by atoms with Crippen LogP contribution in [0.2, 0.25) is 0 Å². The highest BCUT2D eigenvalue weighted by molar-refractivity contribution is 7.47. The van der Waals surface area contributed by atoms with Crippen molar-refractivity contribution in [2.24, 2.45) is 5.41 Å². The molecule has 13 heavy (non-hydrogen) atoms. The van der Waals surface area contributed by atoms with Crippen molar-refractivity contribution in [1.29, 1.82) is 0 Å². The fourth-order valence-electron chi connectivity index (χ4n) is 0.900. The van der Waals surface area contributed by atoms with Crippen molar-refractivity contribution < 1.29 is 21.0 Å². The van der Waals surface area contributed by atoms with Crippen LogP contribution in [0.15, 0.2) is 0 Å². The molecule has 0 saturated carbocycles. The molecule has 80 valence electrons. The minimum Gasteiger partial charge on any atom is -0.231 e. The molecule has 0 heterocycles. The van der Waals surface area contributed by atoms with Gasteiger partial charge in [0.2, 0.25) is 0 Å². The lowest BCUT2D eigenvalue weighted by molar-refractivity contribution is 0.464. The van der Waals surface area contributed by atoms with E-state index in [9.17, 15) is 21.0 Å². The van der Waals surface area contributed by atoms with Crippen LogP contribution in [0.25, 0.3) is 0 Å². The zero-order valence-electron chi connectivity index (χ0n) is 6.91. The molecule has 0 rings (SSSR count). The maximum absolute atomic E-state index is 12.0. The first kappa shape index (κ1) is 13.9. The number of hydrogen-bond donors (Lipinski definition) is 0. The van der Waals surface area contributed by atoms with E-state index in [1.54, 1.807) is 0 Å². The zero-order valence-corrected chi connectivity index (χ0v) is 9.69. The molecule has 0 N–H and O–H groups in total. The van der Waals surface area contributed by atoms with Gasteiger partial charge in [0, 0.05) is 18.5 Å². The van der Waals surface area contributed by atoms with Crippen molar-refractivity contribution in [3.05, 3.63) is 0 Å². The van der Waals surface area contributed by atoms with E-state index in [-0.39, 0.29) is 6.16 Å². The average molecular weight is 258 g/mol. The Balaban J connectivity index is 4.15. The van der Waals surface area contributed by atoms with E-state index < -0.39 is 43.7 Å². The molecule has 0 radical (unpaired) electrons. The average Bonchev–Trinajstić information content (AvgIpc) is 1.81. The molecule has 0 aromatic heterocycles. The first-order valence-electron chi connectivity index (χ1n) is 3.41. The monoisotopic (exact) mass is 258 g/mol. The van der Waals surface area contributed by atoms with Gasteiger partial charge in [-0.2, -0.15) is 16.8 Å². The molecule has 0 spiro atoms. The van der Waals surface area contributed by atoms with Gasteiger partial charge in [0.1, 0.15) is 0 Å². The highest BCUT2D eigenvalue weighted by Gasteiger charge is 2.32. The molecule has 0 nitrogen and oxygen atoms in total. The lowest BCUT2D eigenvalue weighted by Gasteiger charge is -2.26. The molecule has 0 aromatic carbocycles. The Hall–Kier alpha value is 0.940. The van der Waals surface area contributed by atoms with E-state index in [0.717, 1.165) is 0 Å². The maximum Gasteiger partial charge on any atom is 0.266 e. The highest BCUT2D eigenvalue weighted by atomic mass is 31.2. The second-order valence-electron chi connectivity index (χ2n) is 3.04. The topological polar surface area (TPSA) is 0 Å². The summed E-state index contributed by atoms with van der Waals surface area (Å²) in [5, 5.41) is 0. The van der Waals surface area contributed by atoms with Gasteiger partial charge in [-0.05, 0) is 5.41 Å². The van der Waals surface area contributed by atoms with E-state index in [4.69, 9.17) is 0 Å². The van der Waals surface area contributed by atoms with E-state index in [1.807, 2.05) is 0 Å². The molecule has 0 bridgehead atoms. The van der Waals surface area contributed by atoms with Gasteiger partial charge in [0.15, 0.2) is 0 Å². The van der Waals surface area contributed by atoms with Gasteiger partial charge in [-0.25, -0.2) is 4.20 Å². The van der Waals surface area contributed by atoms with Crippen LogP contribution in [0.1, 0.15) is 6.92 Å². The molecule has 0 amide bonds. The first-order chi connectivity index (χ1) is 5.89. The molecule has 1 unspecified atom stereocenters. The molecule has 0 aliphatic heterocycles. The number of hydrogen-bond acceptors (Lipinski definition) is 0. The van der Waals surface area contributed by atoms with Gasteiger partial charge < -0.3 is 0 Å². The highest BCUT2D eigenvalue weighted by Crippen LogP contribution is 2.52. The summed E-state index contributed by atoms with van der Waals surface area (Å²) in [5.41, 5.74) is -1.21. The van der Waals surface area contributed by atoms with Crippen molar-refractivity contribution >= 4 is 26.0 Å². The fourth-order valence-corrected chi connectivity index (χ4v) is 3.67. The Labute approximate surface area is 78.6 Å². The SMILES string of the molecule is CC(CPF)(CP(F)F)CP(F)F. The summed E-state index contributed by atoms with van der Waals surface area (Å²) < 4.78 is 60.0. The fraction of sp³-hybridized carbons (Fsp3) is 1.00. The minimum absolute atomic E-state index is 0.174. The van der Waals surface area contributed by atoms with Crippen molar-refractivity contribution in [1.82, 2.24) is 0 Å². The minimum atomic E-state index is -3.22. The lowest BCUT2D eigenvalue weighted by atomic mass is 9.99. The summed E-state index contributed by atoms with van der Waals surface area (Å²) in [5.74, 6) is 0. The molecule has 1 atom stereocenters. The van der Waals surface area contributed by atoms with Gasteiger partial charge >= 0.3 is 0 Å². The van der Waals surface area contributed by atoms with Crippen LogP contribution in [0.3, 0.4) is 0 Å². The Bertz CT molecular complexity index is 132. The zero-order chi connectivity index (χ0) is 10.5. The second kappa shape index (κ2) is 6.43. The molecule has 8 heteroatoms. The smallest absolute Gasteiger partial charge is 0.231 e. The molecule has 0 fully saturated rings. The number of halogens is 5. The summed E-state index contributed by atoms with van der Waals surface area (Å²) in [7, 11) is -7.47. The Morgan fingerprint density at radius 1 is 1.08 bits per heavy atom. The maximum atomic E-state index is 12.0. The standard InChI is InChI=1S/C5H10F5P3/c1-5(2-11-6,3-12(7)8)4-13(9)10/h11H,2-4H2,1H3. The van der Waals surface area contributed by atoms with Gasteiger partial charge in [-0.1, -0.05) is 6.92 Å². The van der Waals surface area contributed by atoms with Crippen LogP contribution >= 0.6 is 26.0 Å². The third-order valence-corrected chi connectivity index (χ3v) is 4.49. The molecular weight excluding hydrogens is 248 g/mol. The van der Waals surface area contributed by atoms with Gasteiger partial charge in [-0.15, -0.1) is 0 Å². The molecule has 0 saturated heterocycles. The third kappa shape index (κ3) is 6.94. The van der Waals surface area contributed by atoms with E-state index in [2.05, 4.69) is 0 Å². The molecule has 0 aromatic rings. The van der Waals surface area contributed by atoms with Crippen molar-refractivity contribution in [3.8, 4) is 0 Å². The Kier molecular flexibility index (Phi) is 6.89.